The number of carboxylic acids is 1. The highest BCUT2D eigenvalue weighted by atomic mass is 19.3. The number of nitrogens with two attached hydrogens (primary N) is 2. The summed E-state index contributed by atoms with van der Waals surface area (Å²) in [5.41, 5.74) is 8.97. The van der Waals surface area contributed by atoms with Crippen molar-refractivity contribution in [2.24, 2.45) is 5.73 Å². The first kappa shape index (κ1) is 11.3. The van der Waals surface area contributed by atoms with E-state index >= 15 is 0 Å². The molecule has 1 rings (SSSR count). The number of carbonyl (C=O) groups is 1. The van der Waals surface area contributed by atoms with E-state index in [0.717, 1.165) is 6.20 Å². The van der Waals surface area contributed by atoms with Gasteiger partial charge in [0.15, 0.2) is 5.69 Å². The summed E-state index contributed by atoms with van der Waals surface area (Å²) in [6, 6.07) is 0. The van der Waals surface area contributed by atoms with Gasteiger partial charge in [0.1, 0.15) is 0 Å². The number of nitrogen functional groups attached to an aromatic ring is 1. The molecule has 0 aliphatic rings. The van der Waals surface area contributed by atoms with Gasteiger partial charge in [-0.3, -0.25) is 0 Å². The highest BCUT2D eigenvalue weighted by Crippen LogP contribution is 2.29. The van der Waals surface area contributed by atoms with Gasteiger partial charge in [0.2, 0.25) is 0 Å². The van der Waals surface area contributed by atoms with E-state index in [1.165, 1.54) is 0 Å². The number of aromatic nitrogens is 1. The average molecular weight is 217 g/mol. The lowest BCUT2D eigenvalue weighted by Gasteiger charge is -2.11. The average Bonchev–Trinajstić information content (AvgIpc) is 2.15. The molecule has 0 atom stereocenters. The predicted octanol–water partition coefficient (Wildman–Crippen LogP) is 0.758. The summed E-state index contributed by atoms with van der Waals surface area (Å²) in [5, 5.41) is 8.69. The molecule has 0 saturated carbocycles. The van der Waals surface area contributed by atoms with Crippen LogP contribution in [0.4, 0.5) is 14.5 Å². The molecule has 82 valence electrons. The van der Waals surface area contributed by atoms with E-state index < -0.39 is 23.7 Å². The highest BCUT2D eigenvalue weighted by Gasteiger charge is 2.22. The molecule has 0 aliphatic carbocycles. The van der Waals surface area contributed by atoms with E-state index in [2.05, 4.69) is 4.98 Å². The van der Waals surface area contributed by atoms with Crippen LogP contribution in [-0.4, -0.2) is 16.1 Å². The maximum absolute atomic E-state index is 12.6. The first-order valence-corrected chi connectivity index (χ1v) is 3.97. The minimum absolute atomic E-state index is 0.225. The minimum Gasteiger partial charge on any atom is -0.477 e. The minimum atomic E-state index is -2.87. The molecule has 1 heterocycles. The summed E-state index contributed by atoms with van der Waals surface area (Å²) >= 11 is 0. The van der Waals surface area contributed by atoms with Crippen molar-refractivity contribution in [1.82, 2.24) is 4.98 Å². The topological polar surface area (TPSA) is 102 Å². The van der Waals surface area contributed by atoms with Gasteiger partial charge in [-0.2, -0.15) is 0 Å². The van der Waals surface area contributed by atoms with Crippen molar-refractivity contribution >= 4 is 11.7 Å². The van der Waals surface area contributed by atoms with Crippen LogP contribution in [0.25, 0.3) is 0 Å². The van der Waals surface area contributed by atoms with Crippen LogP contribution in [0.2, 0.25) is 0 Å². The second-order valence-corrected chi connectivity index (χ2v) is 2.76. The van der Waals surface area contributed by atoms with Crippen molar-refractivity contribution in [3.63, 3.8) is 0 Å². The van der Waals surface area contributed by atoms with E-state index in [-0.39, 0.29) is 17.8 Å². The number of pyridine rings is 1. The quantitative estimate of drug-likeness (QED) is 0.693. The van der Waals surface area contributed by atoms with Crippen LogP contribution in [0.1, 0.15) is 28.0 Å². The Morgan fingerprint density at radius 1 is 1.60 bits per heavy atom. The van der Waals surface area contributed by atoms with E-state index in [1.807, 2.05) is 0 Å². The number of hydrogen-bond donors (Lipinski definition) is 3. The van der Waals surface area contributed by atoms with Crippen molar-refractivity contribution < 1.29 is 18.7 Å². The molecular weight excluding hydrogens is 208 g/mol. The van der Waals surface area contributed by atoms with E-state index in [0.29, 0.717) is 0 Å². The monoisotopic (exact) mass is 217 g/mol. The predicted molar refractivity (Wildman–Crippen MR) is 48.5 cm³/mol. The zero-order valence-corrected chi connectivity index (χ0v) is 7.58. The summed E-state index contributed by atoms with van der Waals surface area (Å²) in [7, 11) is 0. The standard InChI is InChI=1S/C8H9F2N3O2/c9-7(10)5-3(1-11)6(8(14)15)13-2-4(5)12/h2,7H,1,11-12H2,(H,14,15). The third-order valence-electron chi connectivity index (χ3n) is 1.88. The van der Waals surface area contributed by atoms with Crippen LogP contribution >= 0.6 is 0 Å². The normalized spacial score (nSPS) is 10.7. The molecule has 5 nitrogen and oxygen atoms in total. The van der Waals surface area contributed by atoms with Crippen LogP contribution < -0.4 is 11.5 Å². The van der Waals surface area contributed by atoms with Gasteiger partial charge in [0.25, 0.3) is 6.43 Å². The molecule has 0 amide bonds. The summed E-state index contributed by atoms with van der Waals surface area (Å²) < 4.78 is 25.1. The van der Waals surface area contributed by atoms with E-state index in [9.17, 15) is 13.6 Å². The third kappa shape index (κ3) is 2.01. The van der Waals surface area contributed by atoms with Crippen molar-refractivity contribution in [3.8, 4) is 0 Å². The molecule has 0 bridgehead atoms. The molecule has 0 spiro atoms. The Balaban J connectivity index is 3.47. The lowest BCUT2D eigenvalue weighted by molar-refractivity contribution is 0.0688. The number of alkyl halides is 2. The fourth-order valence-electron chi connectivity index (χ4n) is 1.23. The molecule has 0 radical (unpaired) electrons. The van der Waals surface area contributed by atoms with Crippen molar-refractivity contribution in [2.45, 2.75) is 13.0 Å². The van der Waals surface area contributed by atoms with Gasteiger partial charge in [-0.15, -0.1) is 0 Å². The number of halogens is 2. The summed E-state index contributed by atoms with van der Waals surface area (Å²) in [4.78, 5) is 14.1. The molecular formula is C8H9F2N3O2. The Kier molecular flexibility index (Phi) is 3.15. The molecule has 0 aliphatic heterocycles. The van der Waals surface area contributed by atoms with Crippen LogP contribution in [0.15, 0.2) is 6.20 Å². The molecule has 1 aromatic rings. The molecule has 0 aromatic carbocycles. The first-order valence-electron chi connectivity index (χ1n) is 3.97. The number of nitrogens with zero attached hydrogens (tertiary/aromatic N) is 1. The zero-order chi connectivity index (χ0) is 11.6. The maximum atomic E-state index is 12.6. The van der Waals surface area contributed by atoms with Gasteiger partial charge in [0.05, 0.1) is 11.9 Å². The Labute approximate surface area is 83.7 Å². The molecule has 1 aromatic heterocycles. The van der Waals surface area contributed by atoms with Gasteiger partial charge in [-0.25, -0.2) is 18.6 Å². The smallest absolute Gasteiger partial charge is 0.354 e. The van der Waals surface area contributed by atoms with Crippen molar-refractivity contribution in [2.75, 3.05) is 5.73 Å². The van der Waals surface area contributed by atoms with Gasteiger partial charge in [-0.05, 0) is 0 Å². The maximum Gasteiger partial charge on any atom is 0.354 e. The van der Waals surface area contributed by atoms with E-state index in [4.69, 9.17) is 16.6 Å². The molecule has 0 fully saturated rings. The van der Waals surface area contributed by atoms with Crippen LogP contribution in [0, 0.1) is 0 Å². The van der Waals surface area contributed by atoms with Crippen molar-refractivity contribution in [3.05, 3.63) is 23.0 Å². The van der Waals surface area contributed by atoms with Crippen LogP contribution in [0.5, 0.6) is 0 Å². The summed E-state index contributed by atoms with van der Waals surface area (Å²) in [6.07, 6.45) is -1.98. The fraction of sp³-hybridized carbons (Fsp3) is 0.250. The van der Waals surface area contributed by atoms with Gasteiger partial charge >= 0.3 is 5.97 Å². The van der Waals surface area contributed by atoms with Gasteiger partial charge < -0.3 is 16.6 Å². The van der Waals surface area contributed by atoms with Crippen LogP contribution in [0.3, 0.4) is 0 Å². The second kappa shape index (κ2) is 4.18. The Morgan fingerprint density at radius 2 is 2.20 bits per heavy atom. The lowest BCUT2D eigenvalue weighted by atomic mass is 10.1. The summed E-state index contributed by atoms with van der Waals surface area (Å²) in [5.74, 6) is -1.41. The molecule has 7 heteroatoms. The third-order valence-corrected chi connectivity index (χ3v) is 1.88. The first-order chi connectivity index (χ1) is 6.99. The zero-order valence-electron chi connectivity index (χ0n) is 7.58. The molecule has 15 heavy (non-hydrogen) atoms. The number of hydrogen-bond acceptors (Lipinski definition) is 4. The molecule has 0 unspecified atom stereocenters. The van der Waals surface area contributed by atoms with Crippen molar-refractivity contribution in [1.29, 1.82) is 0 Å². The largest absolute Gasteiger partial charge is 0.477 e. The number of carboxylic acid groups (broad SMARTS) is 1. The SMILES string of the molecule is NCc1c(C(=O)O)ncc(N)c1C(F)F. The summed E-state index contributed by atoms with van der Waals surface area (Å²) in [6.45, 7) is -0.348. The van der Waals surface area contributed by atoms with Gasteiger partial charge in [0, 0.05) is 17.7 Å². The highest BCUT2D eigenvalue weighted by molar-refractivity contribution is 5.88. The fourth-order valence-corrected chi connectivity index (χ4v) is 1.23. The Bertz CT molecular complexity index is 396. The second-order valence-electron chi connectivity index (χ2n) is 2.76. The molecule has 5 N–H and O–H groups in total. The van der Waals surface area contributed by atoms with Gasteiger partial charge in [-0.1, -0.05) is 0 Å². The Hall–Kier alpha value is -1.76. The number of aromatic carboxylic acids is 1. The molecule has 0 saturated heterocycles. The van der Waals surface area contributed by atoms with E-state index in [1.54, 1.807) is 0 Å². The Morgan fingerprint density at radius 3 is 2.60 bits per heavy atom. The van der Waals surface area contributed by atoms with Crippen LogP contribution in [-0.2, 0) is 6.54 Å². The number of anilines is 1. The lowest BCUT2D eigenvalue weighted by Crippen LogP contribution is -2.14. The number of rotatable bonds is 3.